The Morgan fingerprint density at radius 3 is 2.41 bits per heavy atom. The molecule has 2 N–H and O–H groups in total. The van der Waals surface area contributed by atoms with Crippen molar-refractivity contribution < 1.29 is 14.7 Å². The number of rotatable bonds is 5. The molecule has 0 aliphatic carbocycles. The minimum absolute atomic E-state index is 0.299. The number of aryl methyl sites for hydroxylation is 2. The summed E-state index contributed by atoms with van der Waals surface area (Å²) in [7, 11) is 0. The summed E-state index contributed by atoms with van der Waals surface area (Å²) >= 11 is 0. The Morgan fingerprint density at radius 1 is 1.11 bits per heavy atom. The van der Waals surface area contributed by atoms with E-state index < -0.39 is 11.5 Å². The molecule has 1 heterocycles. The van der Waals surface area contributed by atoms with Crippen LogP contribution >= 0.6 is 0 Å². The average Bonchev–Trinajstić information content (AvgIpc) is 2.62. The molecule has 3 rings (SSSR count). The predicted octanol–water partition coefficient (Wildman–Crippen LogP) is 3.15. The number of piperidine rings is 1. The van der Waals surface area contributed by atoms with Gasteiger partial charge in [0.2, 0.25) is 0 Å². The van der Waals surface area contributed by atoms with Crippen LogP contribution in [0.25, 0.3) is 0 Å². The first-order valence-electron chi connectivity index (χ1n) is 9.28. The second-order valence-electron chi connectivity index (χ2n) is 7.52. The van der Waals surface area contributed by atoms with E-state index in [4.69, 9.17) is 0 Å². The van der Waals surface area contributed by atoms with Crippen molar-refractivity contribution in [2.45, 2.75) is 38.8 Å². The lowest BCUT2D eigenvalue weighted by atomic mass is 9.88. The van der Waals surface area contributed by atoms with E-state index in [1.54, 1.807) is 12.1 Å². The number of nitrogens with zero attached hydrogens (tertiary/aromatic N) is 1. The molecule has 1 aliphatic heterocycles. The Hall–Kier alpha value is -2.66. The van der Waals surface area contributed by atoms with Gasteiger partial charge in [0.25, 0.3) is 5.91 Å². The van der Waals surface area contributed by atoms with Gasteiger partial charge in [-0.3, -0.25) is 9.69 Å². The maximum Gasteiger partial charge on any atom is 0.330 e. The first kappa shape index (κ1) is 19.1. The molecule has 0 spiro atoms. The lowest BCUT2D eigenvalue weighted by Crippen LogP contribution is -2.63. The van der Waals surface area contributed by atoms with E-state index in [-0.39, 0.29) is 5.91 Å². The van der Waals surface area contributed by atoms with Crippen LogP contribution in [-0.4, -0.2) is 40.5 Å². The van der Waals surface area contributed by atoms with Gasteiger partial charge < -0.3 is 10.4 Å². The normalized spacial score (nSPS) is 20.2. The van der Waals surface area contributed by atoms with Crippen LogP contribution in [0.1, 0.15) is 39.9 Å². The number of benzene rings is 2. The lowest BCUT2D eigenvalue weighted by Gasteiger charge is -2.40. The van der Waals surface area contributed by atoms with E-state index in [1.165, 1.54) is 0 Å². The zero-order valence-electron chi connectivity index (χ0n) is 15.9. The first-order chi connectivity index (χ1) is 12.9. The number of aliphatic carboxylic acids is 1. The topological polar surface area (TPSA) is 69.6 Å². The maximum absolute atomic E-state index is 12.8. The number of carboxylic acids is 1. The molecule has 0 radical (unpaired) electrons. The van der Waals surface area contributed by atoms with Crippen LogP contribution in [0.15, 0.2) is 48.5 Å². The van der Waals surface area contributed by atoms with Crippen molar-refractivity contribution in [3.05, 3.63) is 70.8 Å². The van der Waals surface area contributed by atoms with Gasteiger partial charge in [-0.1, -0.05) is 47.5 Å². The zero-order valence-corrected chi connectivity index (χ0v) is 15.9. The predicted molar refractivity (Wildman–Crippen MR) is 105 cm³/mol. The van der Waals surface area contributed by atoms with Crippen molar-refractivity contribution in [3.63, 3.8) is 0 Å². The summed E-state index contributed by atoms with van der Waals surface area (Å²) in [6.45, 7) is 5.66. The first-order valence-corrected chi connectivity index (χ1v) is 9.28. The fourth-order valence-corrected chi connectivity index (χ4v) is 3.85. The van der Waals surface area contributed by atoms with Crippen LogP contribution in [0.4, 0.5) is 0 Å². The van der Waals surface area contributed by atoms with Crippen LogP contribution in [0.5, 0.6) is 0 Å². The summed E-state index contributed by atoms with van der Waals surface area (Å²) < 4.78 is 0. The van der Waals surface area contributed by atoms with E-state index in [2.05, 4.69) is 10.2 Å². The van der Waals surface area contributed by atoms with Gasteiger partial charge >= 0.3 is 5.97 Å². The second kappa shape index (κ2) is 7.92. The van der Waals surface area contributed by atoms with Gasteiger partial charge in [-0.25, -0.2) is 4.79 Å². The van der Waals surface area contributed by atoms with E-state index >= 15 is 0 Å². The van der Waals surface area contributed by atoms with Crippen LogP contribution in [0.2, 0.25) is 0 Å². The molecule has 1 amide bonds. The Balaban J connectivity index is 1.78. The van der Waals surface area contributed by atoms with E-state index in [0.29, 0.717) is 25.1 Å². The van der Waals surface area contributed by atoms with E-state index in [1.807, 2.05) is 50.2 Å². The molecule has 1 saturated heterocycles. The minimum atomic E-state index is -1.26. The number of hydrogen-bond acceptors (Lipinski definition) is 3. The molecule has 0 bridgehead atoms. The summed E-state index contributed by atoms with van der Waals surface area (Å²) in [4.78, 5) is 27.0. The number of carbonyl (C=O) groups excluding carboxylic acids is 1. The molecular weight excluding hydrogens is 340 g/mol. The highest BCUT2D eigenvalue weighted by Crippen LogP contribution is 2.24. The Morgan fingerprint density at radius 2 is 1.78 bits per heavy atom. The minimum Gasteiger partial charge on any atom is -0.479 e. The second-order valence-corrected chi connectivity index (χ2v) is 7.52. The Bertz CT molecular complexity index is 814. The number of nitrogens with one attached hydrogen (secondary N) is 1. The van der Waals surface area contributed by atoms with Crippen molar-refractivity contribution in [2.24, 2.45) is 0 Å². The Labute approximate surface area is 160 Å². The molecule has 1 aliphatic rings. The summed E-state index contributed by atoms with van der Waals surface area (Å²) in [5, 5.41) is 12.8. The van der Waals surface area contributed by atoms with Crippen LogP contribution in [0.3, 0.4) is 0 Å². The molecule has 0 aromatic heterocycles. The summed E-state index contributed by atoms with van der Waals surface area (Å²) in [5.41, 5.74) is 2.35. The van der Waals surface area contributed by atoms with Gasteiger partial charge in [-0.05, 0) is 50.9 Å². The van der Waals surface area contributed by atoms with E-state index in [9.17, 15) is 14.7 Å². The Kier molecular flexibility index (Phi) is 5.61. The fraction of sp³-hybridized carbons (Fsp3) is 0.364. The number of carboxylic acid groups (broad SMARTS) is 1. The summed E-state index contributed by atoms with van der Waals surface area (Å²) in [5.74, 6) is -1.30. The van der Waals surface area contributed by atoms with Crippen molar-refractivity contribution in [2.75, 3.05) is 13.1 Å². The third-order valence-corrected chi connectivity index (χ3v) is 5.07. The molecule has 2 aromatic rings. The van der Waals surface area contributed by atoms with Gasteiger partial charge in [0.1, 0.15) is 0 Å². The molecule has 0 saturated carbocycles. The van der Waals surface area contributed by atoms with Crippen LogP contribution in [0, 0.1) is 13.8 Å². The third kappa shape index (κ3) is 4.55. The van der Waals surface area contributed by atoms with Crippen molar-refractivity contribution in [1.29, 1.82) is 0 Å². The maximum atomic E-state index is 12.8. The monoisotopic (exact) mass is 366 g/mol. The molecule has 0 unspecified atom stereocenters. The molecule has 1 atom stereocenters. The smallest absolute Gasteiger partial charge is 0.330 e. The highest BCUT2D eigenvalue weighted by Gasteiger charge is 2.43. The van der Waals surface area contributed by atoms with Crippen LogP contribution < -0.4 is 5.32 Å². The summed E-state index contributed by atoms with van der Waals surface area (Å²) in [6, 6.07) is 15.6. The van der Waals surface area contributed by atoms with Gasteiger partial charge in [0.15, 0.2) is 5.54 Å². The molecule has 142 valence electrons. The SMILES string of the molecule is Cc1cc(C)cc(C(=O)N[C@@]2(C(=O)O)CCCN(Cc3ccccc3)C2)c1. The zero-order chi connectivity index (χ0) is 19.4. The molecular formula is C22H26N2O3. The average molecular weight is 366 g/mol. The summed E-state index contributed by atoms with van der Waals surface area (Å²) in [6.07, 6.45) is 1.16. The quantitative estimate of drug-likeness (QED) is 0.853. The number of hydrogen-bond donors (Lipinski definition) is 2. The van der Waals surface area contributed by atoms with Gasteiger partial charge in [-0.2, -0.15) is 0 Å². The fourth-order valence-electron chi connectivity index (χ4n) is 3.85. The third-order valence-electron chi connectivity index (χ3n) is 5.07. The lowest BCUT2D eigenvalue weighted by molar-refractivity contribution is -0.147. The number of carbonyl (C=O) groups is 2. The molecule has 5 heteroatoms. The molecule has 5 nitrogen and oxygen atoms in total. The van der Waals surface area contributed by atoms with Crippen molar-refractivity contribution >= 4 is 11.9 Å². The van der Waals surface area contributed by atoms with Crippen molar-refractivity contribution in [1.82, 2.24) is 10.2 Å². The van der Waals surface area contributed by atoms with E-state index in [0.717, 1.165) is 29.7 Å². The molecule has 1 fully saturated rings. The number of likely N-dealkylation sites (tertiary alicyclic amines) is 1. The highest BCUT2D eigenvalue weighted by atomic mass is 16.4. The van der Waals surface area contributed by atoms with Crippen molar-refractivity contribution in [3.8, 4) is 0 Å². The van der Waals surface area contributed by atoms with Crippen LogP contribution in [-0.2, 0) is 11.3 Å². The largest absolute Gasteiger partial charge is 0.479 e. The number of amides is 1. The molecule has 2 aromatic carbocycles. The van der Waals surface area contributed by atoms with Gasteiger partial charge in [-0.15, -0.1) is 0 Å². The molecule has 27 heavy (non-hydrogen) atoms. The standard InChI is InChI=1S/C22H26N2O3/c1-16-11-17(2)13-19(12-16)20(25)23-22(21(26)27)9-6-10-24(15-22)14-18-7-4-3-5-8-18/h3-5,7-8,11-13H,6,9-10,14-15H2,1-2H3,(H,23,25)(H,26,27)/t22-/m0/s1. The highest BCUT2D eigenvalue weighted by molar-refractivity contribution is 5.98. The van der Waals surface area contributed by atoms with Gasteiger partial charge in [0.05, 0.1) is 0 Å². The van der Waals surface area contributed by atoms with Gasteiger partial charge in [0, 0.05) is 18.7 Å².